The monoisotopic (exact) mass is 343 g/mol. The van der Waals surface area contributed by atoms with Crippen molar-refractivity contribution in [1.82, 2.24) is 15.1 Å². The highest BCUT2D eigenvalue weighted by Gasteiger charge is 2.23. The van der Waals surface area contributed by atoms with Gasteiger partial charge in [0.2, 0.25) is 0 Å². The molecule has 0 aliphatic carbocycles. The van der Waals surface area contributed by atoms with Gasteiger partial charge in [-0.2, -0.15) is 5.10 Å². The van der Waals surface area contributed by atoms with Crippen molar-refractivity contribution < 1.29 is 14.3 Å². The van der Waals surface area contributed by atoms with E-state index < -0.39 is 0 Å². The first-order valence-corrected chi connectivity index (χ1v) is 8.06. The summed E-state index contributed by atoms with van der Waals surface area (Å²) < 4.78 is 6.68. The molecule has 3 amide bonds. The van der Waals surface area contributed by atoms with Crippen LogP contribution >= 0.6 is 0 Å². The minimum atomic E-state index is -0.348. The van der Waals surface area contributed by atoms with Crippen LogP contribution in [0.3, 0.4) is 0 Å². The lowest BCUT2D eigenvalue weighted by atomic mass is 10.1. The first-order chi connectivity index (χ1) is 12.0. The third-order valence-corrected chi connectivity index (χ3v) is 4.28. The zero-order chi connectivity index (χ0) is 18.0. The second-order valence-electron chi connectivity index (χ2n) is 5.94. The van der Waals surface area contributed by atoms with Gasteiger partial charge in [-0.15, -0.1) is 0 Å². The van der Waals surface area contributed by atoms with Crippen LogP contribution in [0.25, 0.3) is 0 Å². The molecule has 2 heterocycles. The van der Waals surface area contributed by atoms with Crippen molar-refractivity contribution in [3.63, 3.8) is 0 Å². The number of rotatable bonds is 4. The number of aromatic nitrogens is 2. The summed E-state index contributed by atoms with van der Waals surface area (Å²) in [6.45, 7) is 4.80. The molecule has 0 spiro atoms. The molecule has 25 heavy (non-hydrogen) atoms. The van der Waals surface area contributed by atoms with Crippen molar-refractivity contribution in [2.75, 3.05) is 23.4 Å². The van der Waals surface area contributed by atoms with Gasteiger partial charge in [0.15, 0.2) is 0 Å². The van der Waals surface area contributed by atoms with Crippen LogP contribution in [0.2, 0.25) is 0 Å². The van der Waals surface area contributed by atoms with Crippen molar-refractivity contribution in [3.05, 3.63) is 41.7 Å². The second-order valence-corrected chi connectivity index (χ2v) is 5.94. The summed E-state index contributed by atoms with van der Waals surface area (Å²) in [5.41, 5.74) is 3.37. The number of hydrogen-bond acceptors (Lipinski definition) is 4. The van der Waals surface area contributed by atoms with E-state index in [1.165, 1.54) is 0 Å². The molecule has 0 bridgehead atoms. The zero-order valence-corrected chi connectivity index (χ0v) is 14.4. The van der Waals surface area contributed by atoms with E-state index in [0.717, 1.165) is 16.9 Å². The first kappa shape index (κ1) is 16.8. The molecule has 0 saturated carbocycles. The molecule has 1 saturated heterocycles. The number of aryl methyl sites for hydroxylation is 1. The summed E-state index contributed by atoms with van der Waals surface area (Å²) in [6.07, 6.45) is 1.41. The van der Waals surface area contributed by atoms with Gasteiger partial charge in [-0.05, 0) is 38.1 Å². The highest BCUT2D eigenvalue weighted by molar-refractivity contribution is 5.91. The third kappa shape index (κ3) is 3.57. The molecule has 2 aromatic rings. The number of nitrogens with zero attached hydrogens (tertiary/aromatic N) is 3. The fraction of sp³-hybridized carbons (Fsp3) is 0.353. The maximum Gasteiger partial charge on any atom is 0.414 e. The molecule has 132 valence electrons. The van der Waals surface area contributed by atoms with E-state index in [9.17, 15) is 9.59 Å². The van der Waals surface area contributed by atoms with E-state index in [1.54, 1.807) is 40.0 Å². The molecular weight excluding hydrogens is 322 g/mol. The summed E-state index contributed by atoms with van der Waals surface area (Å²) >= 11 is 0. The number of nitrogens with one attached hydrogen (secondary N) is 2. The Kier molecular flexibility index (Phi) is 4.60. The molecule has 1 aromatic heterocycles. The van der Waals surface area contributed by atoms with Gasteiger partial charge in [0, 0.05) is 29.7 Å². The molecule has 1 fully saturated rings. The lowest BCUT2D eigenvalue weighted by Gasteiger charge is -2.16. The fourth-order valence-electron chi connectivity index (χ4n) is 2.74. The zero-order valence-electron chi connectivity index (χ0n) is 14.4. The molecule has 2 N–H and O–H groups in total. The van der Waals surface area contributed by atoms with Gasteiger partial charge in [0.25, 0.3) is 0 Å². The summed E-state index contributed by atoms with van der Waals surface area (Å²) in [7, 11) is 1.86. The predicted molar refractivity (Wildman–Crippen MR) is 93.7 cm³/mol. The SMILES string of the molecule is Cc1c(C(C)NC(=O)Nc2ccc(N3CCOC3=O)cc2)cnn1C. The number of urea groups is 1. The Bertz CT molecular complexity index is 784. The highest BCUT2D eigenvalue weighted by Crippen LogP contribution is 2.21. The van der Waals surface area contributed by atoms with Crippen molar-refractivity contribution in [1.29, 1.82) is 0 Å². The smallest absolute Gasteiger partial charge is 0.414 e. The molecule has 8 heteroatoms. The summed E-state index contributed by atoms with van der Waals surface area (Å²) in [5, 5.41) is 9.86. The standard InChI is InChI=1S/C17H21N5O3/c1-11(15-10-18-21(3)12(15)2)19-16(23)20-13-4-6-14(7-5-13)22-8-9-25-17(22)24/h4-7,10-11H,8-9H2,1-3H3,(H2,19,20,23). The molecule has 0 radical (unpaired) electrons. The van der Waals surface area contributed by atoms with Gasteiger partial charge >= 0.3 is 12.1 Å². The number of benzene rings is 1. The maximum absolute atomic E-state index is 12.2. The van der Waals surface area contributed by atoms with Gasteiger partial charge < -0.3 is 15.4 Å². The van der Waals surface area contributed by atoms with Gasteiger partial charge in [-0.25, -0.2) is 9.59 Å². The van der Waals surface area contributed by atoms with E-state index in [2.05, 4.69) is 15.7 Å². The summed E-state index contributed by atoms with van der Waals surface area (Å²) in [6, 6.07) is 6.59. The largest absolute Gasteiger partial charge is 0.447 e. The molecule has 1 aromatic carbocycles. The van der Waals surface area contributed by atoms with Crippen LogP contribution in [0.5, 0.6) is 0 Å². The first-order valence-electron chi connectivity index (χ1n) is 8.06. The molecule has 8 nitrogen and oxygen atoms in total. The van der Waals surface area contributed by atoms with Crippen LogP contribution in [-0.2, 0) is 11.8 Å². The maximum atomic E-state index is 12.2. The average Bonchev–Trinajstić information content (AvgIpc) is 3.14. The topological polar surface area (TPSA) is 88.5 Å². The summed E-state index contributed by atoms with van der Waals surface area (Å²) in [4.78, 5) is 25.3. The van der Waals surface area contributed by atoms with Gasteiger partial charge in [-0.1, -0.05) is 0 Å². The fourth-order valence-corrected chi connectivity index (χ4v) is 2.74. The molecule has 1 aliphatic rings. The third-order valence-electron chi connectivity index (χ3n) is 4.28. The number of anilines is 2. The van der Waals surface area contributed by atoms with E-state index in [1.807, 2.05) is 20.9 Å². The van der Waals surface area contributed by atoms with Crippen molar-refractivity contribution in [2.45, 2.75) is 19.9 Å². The Morgan fingerprint density at radius 2 is 2.04 bits per heavy atom. The number of hydrogen-bond donors (Lipinski definition) is 2. The Balaban J connectivity index is 1.59. The molecule has 1 aliphatic heterocycles. The number of amides is 3. The number of carbonyl (C=O) groups is 2. The van der Waals surface area contributed by atoms with Crippen molar-refractivity contribution >= 4 is 23.5 Å². The minimum Gasteiger partial charge on any atom is -0.447 e. The molecule has 1 unspecified atom stereocenters. The molecular formula is C17H21N5O3. The number of ether oxygens (including phenoxy) is 1. The molecule has 3 rings (SSSR count). The Hall–Kier alpha value is -3.03. The van der Waals surface area contributed by atoms with E-state index in [-0.39, 0.29) is 18.2 Å². The Morgan fingerprint density at radius 1 is 1.32 bits per heavy atom. The quantitative estimate of drug-likeness (QED) is 0.893. The predicted octanol–water partition coefficient (Wildman–Crippen LogP) is 2.57. The molecule has 1 atom stereocenters. The van der Waals surface area contributed by atoms with Crippen molar-refractivity contribution in [2.24, 2.45) is 7.05 Å². The number of cyclic esters (lactones) is 1. The van der Waals surface area contributed by atoms with Gasteiger partial charge in [-0.3, -0.25) is 9.58 Å². The normalized spacial score (nSPS) is 15.0. The van der Waals surface area contributed by atoms with E-state index in [0.29, 0.717) is 18.8 Å². The van der Waals surface area contributed by atoms with E-state index >= 15 is 0 Å². The van der Waals surface area contributed by atoms with Crippen LogP contribution in [-0.4, -0.2) is 35.1 Å². The lowest BCUT2D eigenvalue weighted by Crippen LogP contribution is -2.31. The van der Waals surface area contributed by atoms with Gasteiger partial charge in [0.05, 0.1) is 18.8 Å². The van der Waals surface area contributed by atoms with Crippen molar-refractivity contribution in [3.8, 4) is 0 Å². The van der Waals surface area contributed by atoms with Crippen LogP contribution < -0.4 is 15.5 Å². The van der Waals surface area contributed by atoms with E-state index in [4.69, 9.17) is 4.74 Å². The van der Waals surface area contributed by atoms with Crippen LogP contribution in [0.15, 0.2) is 30.5 Å². The average molecular weight is 343 g/mol. The van der Waals surface area contributed by atoms with Gasteiger partial charge in [0.1, 0.15) is 6.61 Å². The Morgan fingerprint density at radius 3 is 2.60 bits per heavy atom. The Labute approximate surface area is 145 Å². The second kappa shape index (κ2) is 6.84. The number of carbonyl (C=O) groups excluding carboxylic acids is 2. The summed E-state index contributed by atoms with van der Waals surface area (Å²) in [5.74, 6) is 0. The van der Waals surface area contributed by atoms with Crippen LogP contribution in [0.1, 0.15) is 24.2 Å². The minimum absolute atomic E-state index is 0.160. The lowest BCUT2D eigenvalue weighted by molar-refractivity contribution is 0.181. The van der Waals surface area contributed by atoms with Crippen LogP contribution in [0.4, 0.5) is 21.0 Å². The van der Waals surface area contributed by atoms with Crippen LogP contribution in [0, 0.1) is 6.92 Å². The highest BCUT2D eigenvalue weighted by atomic mass is 16.6.